The van der Waals surface area contributed by atoms with Crippen LogP contribution >= 0.6 is 0 Å². The van der Waals surface area contributed by atoms with Gasteiger partial charge in [0.25, 0.3) is 0 Å². The van der Waals surface area contributed by atoms with Crippen molar-refractivity contribution in [3.63, 3.8) is 0 Å². The van der Waals surface area contributed by atoms with Crippen molar-refractivity contribution in [1.82, 2.24) is 4.90 Å². The van der Waals surface area contributed by atoms with E-state index in [1.807, 2.05) is 0 Å². The van der Waals surface area contributed by atoms with Gasteiger partial charge < -0.3 is 4.74 Å². The van der Waals surface area contributed by atoms with E-state index in [1.54, 1.807) is 6.92 Å². The molecule has 82 valence electrons. The van der Waals surface area contributed by atoms with Crippen LogP contribution in [-0.2, 0) is 4.74 Å². The van der Waals surface area contributed by atoms with Crippen molar-refractivity contribution in [2.75, 3.05) is 32.8 Å². The number of halogens is 1. The number of nitrogens with zero attached hydrogens (tertiary/aromatic N) is 1. The van der Waals surface area contributed by atoms with E-state index in [2.05, 4.69) is 4.90 Å². The van der Waals surface area contributed by atoms with Crippen molar-refractivity contribution in [1.29, 1.82) is 0 Å². The molecule has 2 atom stereocenters. The Balaban J connectivity index is 1.79. The molecule has 14 heavy (non-hydrogen) atoms. The van der Waals surface area contributed by atoms with E-state index in [4.69, 9.17) is 4.74 Å². The lowest BCUT2D eigenvalue weighted by molar-refractivity contribution is 0.0498. The van der Waals surface area contributed by atoms with Crippen LogP contribution in [0.25, 0.3) is 0 Å². The first-order valence-electron chi connectivity index (χ1n) is 5.65. The van der Waals surface area contributed by atoms with E-state index in [1.165, 1.54) is 0 Å². The summed E-state index contributed by atoms with van der Waals surface area (Å²) in [7, 11) is 0. The van der Waals surface area contributed by atoms with Gasteiger partial charge in [0.1, 0.15) is 5.67 Å². The Bertz CT molecular complexity index is 190. The summed E-state index contributed by atoms with van der Waals surface area (Å²) in [6.07, 6.45) is 2.88. The molecule has 2 aliphatic rings. The van der Waals surface area contributed by atoms with Gasteiger partial charge in [-0.1, -0.05) is 0 Å². The van der Waals surface area contributed by atoms with E-state index < -0.39 is 5.67 Å². The Morgan fingerprint density at radius 3 is 3.07 bits per heavy atom. The molecule has 0 bridgehead atoms. The fourth-order valence-electron chi connectivity index (χ4n) is 2.54. The molecule has 2 unspecified atom stereocenters. The molecule has 0 N–H and O–H groups in total. The average Bonchev–Trinajstić information content (AvgIpc) is 2.54. The number of alkyl halides is 1. The molecule has 0 aromatic carbocycles. The minimum atomic E-state index is -0.961. The number of piperidine rings is 1. The quantitative estimate of drug-likeness (QED) is 0.676. The fraction of sp³-hybridized carbons (Fsp3) is 1.00. The summed E-state index contributed by atoms with van der Waals surface area (Å²) in [6, 6.07) is 0. The van der Waals surface area contributed by atoms with Crippen molar-refractivity contribution < 1.29 is 9.13 Å². The van der Waals surface area contributed by atoms with Gasteiger partial charge in [0.05, 0.1) is 6.61 Å². The van der Waals surface area contributed by atoms with E-state index >= 15 is 0 Å². The molecule has 2 aliphatic heterocycles. The predicted octanol–water partition coefficient (Wildman–Crippen LogP) is 1.85. The van der Waals surface area contributed by atoms with Gasteiger partial charge in [0, 0.05) is 19.7 Å². The molecule has 3 heteroatoms. The highest BCUT2D eigenvalue weighted by atomic mass is 19.1. The van der Waals surface area contributed by atoms with Crippen LogP contribution in [-0.4, -0.2) is 43.4 Å². The maximum absolute atomic E-state index is 13.7. The monoisotopic (exact) mass is 201 g/mol. The fourth-order valence-corrected chi connectivity index (χ4v) is 2.54. The van der Waals surface area contributed by atoms with Gasteiger partial charge in [0.2, 0.25) is 0 Å². The van der Waals surface area contributed by atoms with Gasteiger partial charge in [0.15, 0.2) is 0 Å². The van der Waals surface area contributed by atoms with Crippen LogP contribution in [0.3, 0.4) is 0 Å². The Kier molecular flexibility index (Phi) is 3.07. The normalized spacial score (nSPS) is 40.3. The van der Waals surface area contributed by atoms with E-state index in [0.29, 0.717) is 12.5 Å². The van der Waals surface area contributed by atoms with Crippen LogP contribution < -0.4 is 0 Å². The molecule has 0 aliphatic carbocycles. The zero-order valence-corrected chi connectivity index (χ0v) is 8.97. The molecular formula is C11H20FNO. The zero-order valence-electron chi connectivity index (χ0n) is 8.97. The summed E-state index contributed by atoms with van der Waals surface area (Å²) in [5, 5.41) is 0. The van der Waals surface area contributed by atoms with Gasteiger partial charge in [-0.3, -0.25) is 4.90 Å². The Morgan fingerprint density at radius 1 is 1.57 bits per heavy atom. The van der Waals surface area contributed by atoms with E-state index in [0.717, 1.165) is 45.6 Å². The third-order valence-corrected chi connectivity index (χ3v) is 3.27. The van der Waals surface area contributed by atoms with Crippen molar-refractivity contribution in [3.05, 3.63) is 0 Å². The molecule has 2 heterocycles. The number of rotatable bonds is 2. The maximum Gasteiger partial charge on any atom is 0.120 e. The average molecular weight is 201 g/mol. The van der Waals surface area contributed by atoms with Crippen LogP contribution in [0.5, 0.6) is 0 Å². The molecular weight excluding hydrogens is 181 g/mol. The third-order valence-electron chi connectivity index (χ3n) is 3.27. The van der Waals surface area contributed by atoms with Crippen LogP contribution in [0.4, 0.5) is 4.39 Å². The van der Waals surface area contributed by atoms with Gasteiger partial charge in [-0.05, 0) is 38.6 Å². The van der Waals surface area contributed by atoms with E-state index in [-0.39, 0.29) is 0 Å². The molecule has 2 nitrogen and oxygen atoms in total. The van der Waals surface area contributed by atoms with Crippen molar-refractivity contribution in [2.45, 2.75) is 31.9 Å². The van der Waals surface area contributed by atoms with Crippen LogP contribution in [0.1, 0.15) is 26.2 Å². The second kappa shape index (κ2) is 4.15. The molecule has 2 fully saturated rings. The van der Waals surface area contributed by atoms with E-state index in [9.17, 15) is 4.39 Å². The van der Waals surface area contributed by atoms with Gasteiger partial charge in [-0.25, -0.2) is 4.39 Å². The molecule has 0 radical (unpaired) electrons. The highest BCUT2D eigenvalue weighted by Gasteiger charge is 2.31. The number of likely N-dealkylation sites (tertiary alicyclic amines) is 1. The molecule has 2 saturated heterocycles. The summed E-state index contributed by atoms with van der Waals surface area (Å²) < 4.78 is 19.1. The number of ether oxygens (including phenoxy) is 1. The topological polar surface area (TPSA) is 12.5 Å². The van der Waals surface area contributed by atoms with Crippen molar-refractivity contribution in [2.24, 2.45) is 5.92 Å². The number of hydrogen-bond acceptors (Lipinski definition) is 2. The molecule has 0 saturated carbocycles. The largest absolute Gasteiger partial charge is 0.381 e. The van der Waals surface area contributed by atoms with Gasteiger partial charge in [-0.2, -0.15) is 0 Å². The van der Waals surface area contributed by atoms with Crippen LogP contribution in [0.15, 0.2) is 0 Å². The Labute approximate surface area is 85.4 Å². The lowest BCUT2D eigenvalue weighted by atomic mass is 9.96. The number of hydrogen-bond donors (Lipinski definition) is 0. The molecule has 0 aromatic heterocycles. The van der Waals surface area contributed by atoms with Crippen LogP contribution in [0.2, 0.25) is 0 Å². The Hall–Kier alpha value is -0.150. The predicted molar refractivity (Wildman–Crippen MR) is 54.1 cm³/mol. The van der Waals surface area contributed by atoms with Gasteiger partial charge in [-0.15, -0.1) is 0 Å². The molecule has 0 aromatic rings. The minimum absolute atomic E-state index is 0.615. The first-order valence-corrected chi connectivity index (χ1v) is 5.65. The maximum atomic E-state index is 13.7. The Morgan fingerprint density at radius 2 is 2.43 bits per heavy atom. The highest BCUT2D eigenvalue weighted by Crippen LogP contribution is 2.26. The highest BCUT2D eigenvalue weighted by molar-refractivity contribution is 4.84. The first kappa shape index (κ1) is 10.4. The summed E-state index contributed by atoms with van der Waals surface area (Å²) in [6.45, 7) is 6.20. The smallest absolute Gasteiger partial charge is 0.120 e. The summed E-state index contributed by atoms with van der Waals surface area (Å²) in [5.41, 5.74) is -0.961. The SMILES string of the molecule is CC1(F)CCCN(CC2CCOC2)C1. The lowest BCUT2D eigenvalue weighted by Crippen LogP contribution is -2.45. The summed E-state index contributed by atoms with van der Waals surface area (Å²) in [5.74, 6) is 0.642. The van der Waals surface area contributed by atoms with Gasteiger partial charge >= 0.3 is 0 Å². The van der Waals surface area contributed by atoms with Crippen molar-refractivity contribution in [3.8, 4) is 0 Å². The van der Waals surface area contributed by atoms with Crippen molar-refractivity contribution >= 4 is 0 Å². The lowest BCUT2D eigenvalue weighted by Gasteiger charge is -2.36. The third kappa shape index (κ3) is 2.67. The second-order valence-corrected chi connectivity index (χ2v) is 4.98. The molecule has 2 rings (SSSR count). The van der Waals surface area contributed by atoms with Crippen LogP contribution in [0, 0.1) is 5.92 Å². The minimum Gasteiger partial charge on any atom is -0.381 e. The molecule has 0 amide bonds. The second-order valence-electron chi connectivity index (χ2n) is 4.98. The standard InChI is InChI=1S/C11H20FNO/c1-11(12)4-2-5-13(9-11)7-10-3-6-14-8-10/h10H,2-9H2,1H3. The summed E-state index contributed by atoms with van der Waals surface area (Å²) in [4.78, 5) is 2.27. The first-order chi connectivity index (χ1) is 6.66. The molecule has 0 spiro atoms. The zero-order chi connectivity index (χ0) is 10.0. The summed E-state index contributed by atoms with van der Waals surface area (Å²) >= 11 is 0.